The highest BCUT2D eigenvalue weighted by atomic mass is 32.1. The van der Waals surface area contributed by atoms with Crippen LogP contribution in [0.25, 0.3) is 10.2 Å². The fraction of sp³-hybridized carbons (Fsp3) is 0.619. The van der Waals surface area contributed by atoms with Crippen LogP contribution >= 0.6 is 11.3 Å². The van der Waals surface area contributed by atoms with Crippen molar-refractivity contribution in [3.8, 4) is 5.75 Å². The number of hydrogen-bond acceptors (Lipinski definition) is 6. The van der Waals surface area contributed by atoms with Gasteiger partial charge in [0.2, 0.25) is 5.91 Å². The number of rotatable bonds is 14. The molecule has 0 fully saturated rings. The van der Waals surface area contributed by atoms with E-state index in [4.69, 9.17) is 5.73 Å². The molecule has 1 amide bonds. The lowest BCUT2D eigenvalue weighted by Gasteiger charge is -2.18. The monoisotopic (exact) mass is 422 g/mol. The van der Waals surface area contributed by atoms with E-state index in [2.05, 4.69) is 22.5 Å². The minimum absolute atomic E-state index is 0.0587. The molecule has 1 aromatic heterocycles. The van der Waals surface area contributed by atoms with Crippen molar-refractivity contribution in [3.05, 3.63) is 27.4 Å². The molecule has 2 rings (SSSR count). The number of phenols is 1. The average molecular weight is 423 g/mol. The number of fused-ring (bicyclic) bond motifs is 1. The van der Waals surface area contributed by atoms with Gasteiger partial charge in [0.1, 0.15) is 11.3 Å². The Bertz CT molecular complexity index is 818. The van der Waals surface area contributed by atoms with Gasteiger partial charge in [-0.2, -0.15) is 0 Å². The Kier molecular flexibility index (Phi) is 10.2. The molecule has 0 saturated heterocycles. The fourth-order valence-electron chi connectivity index (χ4n) is 3.50. The molecular weight excluding hydrogens is 388 g/mol. The molecule has 0 saturated carbocycles. The van der Waals surface area contributed by atoms with Gasteiger partial charge in [0.05, 0.1) is 4.70 Å². The highest BCUT2D eigenvalue weighted by Crippen LogP contribution is 2.27. The third-order valence-corrected chi connectivity index (χ3v) is 5.95. The van der Waals surface area contributed by atoms with Crippen LogP contribution in [0.2, 0.25) is 0 Å². The summed E-state index contributed by atoms with van der Waals surface area (Å²) >= 11 is 1.15. The number of phenolic OH excluding ortho intramolecular Hbond substituents is 1. The lowest BCUT2D eigenvalue weighted by Crippen LogP contribution is -2.35. The summed E-state index contributed by atoms with van der Waals surface area (Å²) in [4.78, 5) is 25.8. The molecule has 8 heteroatoms. The molecule has 0 aliphatic rings. The van der Waals surface area contributed by atoms with E-state index in [1.165, 1.54) is 0 Å². The maximum absolute atomic E-state index is 11.7. The Morgan fingerprint density at radius 1 is 1.24 bits per heavy atom. The van der Waals surface area contributed by atoms with E-state index in [0.29, 0.717) is 18.5 Å². The number of nitrogens with one attached hydrogen (secondary N) is 3. The molecule has 0 spiro atoms. The van der Waals surface area contributed by atoms with E-state index >= 15 is 0 Å². The zero-order valence-electron chi connectivity index (χ0n) is 17.3. The van der Waals surface area contributed by atoms with Crippen LogP contribution in [0, 0.1) is 0 Å². The molecule has 0 radical (unpaired) electrons. The van der Waals surface area contributed by atoms with Crippen LogP contribution in [0.4, 0.5) is 0 Å². The maximum Gasteiger partial charge on any atom is 0.305 e. The first-order valence-corrected chi connectivity index (χ1v) is 11.4. The first-order valence-electron chi connectivity index (χ1n) is 10.6. The van der Waals surface area contributed by atoms with Gasteiger partial charge in [0.25, 0.3) is 0 Å². The molecular formula is C21H34N4O3S. The molecule has 1 aromatic carbocycles. The van der Waals surface area contributed by atoms with E-state index in [1.54, 1.807) is 6.07 Å². The molecule has 1 atom stereocenters. The van der Waals surface area contributed by atoms with Gasteiger partial charge in [-0.05, 0) is 50.4 Å². The van der Waals surface area contributed by atoms with Crippen molar-refractivity contribution in [2.75, 3.05) is 19.6 Å². The van der Waals surface area contributed by atoms with Crippen LogP contribution in [0.3, 0.4) is 0 Å². The number of amides is 1. The highest BCUT2D eigenvalue weighted by molar-refractivity contribution is 7.16. The summed E-state index contributed by atoms with van der Waals surface area (Å²) in [6.45, 7) is 4.32. The van der Waals surface area contributed by atoms with Crippen LogP contribution in [0.15, 0.2) is 16.9 Å². The first-order chi connectivity index (χ1) is 14.0. The summed E-state index contributed by atoms with van der Waals surface area (Å²) in [5, 5.41) is 16.4. The smallest absolute Gasteiger partial charge is 0.305 e. The number of thiazole rings is 1. The van der Waals surface area contributed by atoms with Crippen molar-refractivity contribution in [2.45, 2.75) is 64.3 Å². The molecule has 6 N–H and O–H groups in total. The topological polar surface area (TPSA) is 120 Å². The predicted molar refractivity (Wildman–Crippen MR) is 120 cm³/mol. The zero-order valence-corrected chi connectivity index (χ0v) is 18.1. The van der Waals surface area contributed by atoms with E-state index in [0.717, 1.165) is 79.6 Å². The Labute approximate surface area is 176 Å². The van der Waals surface area contributed by atoms with Crippen LogP contribution < -0.4 is 21.2 Å². The number of nitrogens with two attached hydrogens (primary N) is 1. The first kappa shape index (κ1) is 23.4. The number of aromatic nitrogens is 1. The van der Waals surface area contributed by atoms with Gasteiger partial charge in [-0.3, -0.25) is 9.59 Å². The van der Waals surface area contributed by atoms with Crippen molar-refractivity contribution in [1.82, 2.24) is 15.6 Å². The Morgan fingerprint density at radius 2 is 2.07 bits per heavy atom. The predicted octanol–water partition coefficient (Wildman–Crippen LogP) is 2.62. The van der Waals surface area contributed by atoms with E-state index < -0.39 is 0 Å². The summed E-state index contributed by atoms with van der Waals surface area (Å²) in [5.74, 6) is 0.180. The maximum atomic E-state index is 11.7. The van der Waals surface area contributed by atoms with Crippen molar-refractivity contribution >= 4 is 27.5 Å². The second kappa shape index (κ2) is 12.6. The van der Waals surface area contributed by atoms with Gasteiger partial charge in [-0.15, -0.1) is 0 Å². The number of benzene rings is 1. The van der Waals surface area contributed by atoms with Crippen molar-refractivity contribution in [3.63, 3.8) is 0 Å². The van der Waals surface area contributed by atoms with Crippen LogP contribution in [-0.2, 0) is 11.2 Å². The molecule has 0 bridgehead atoms. The minimum Gasteiger partial charge on any atom is -0.506 e. The van der Waals surface area contributed by atoms with Gasteiger partial charge in [-0.25, -0.2) is 0 Å². The molecule has 1 heterocycles. The SMILES string of the molecule is CCCC(CCCCCNCCc1ccc(O)c2[nH]c(=O)sc12)NC(=O)CCN. The van der Waals surface area contributed by atoms with Gasteiger partial charge < -0.3 is 26.5 Å². The molecule has 162 valence electrons. The lowest BCUT2D eigenvalue weighted by atomic mass is 10.0. The number of aromatic hydroxyl groups is 1. The summed E-state index contributed by atoms with van der Waals surface area (Å²) in [6, 6.07) is 3.78. The van der Waals surface area contributed by atoms with E-state index in [9.17, 15) is 14.7 Å². The second-order valence-electron chi connectivity index (χ2n) is 7.40. The standard InChI is InChI=1S/C21H34N4O3S/c1-2-6-16(24-18(27)10-12-22)7-4-3-5-13-23-14-11-15-8-9-17(26)19-20(15)29-21(28)25-19/h8-9,16,23,26H,2-7,10-14,22H2,1H3,(H,24,27)(H,25,28). The largest absolute Gasteiger partial charge is 0.506 e. The Balaban J connectivity index is 1.62. The van der Waals surface area contributed by atoms with Gasteiger partial charge in [0, 0.05) is 19.0 Å². The number of aromatic amines is 1. The number of carbonyl (C=O) groups excluding carboxylic acids is 1. The molecule has 0 aliphatic heterocycles. The average Bonchev–Trinajstić information content (AvgIpc) is 3.08. The van der Waals surface area contributed by atoms with Gasteiger partial charge in [0.15, 0.2) is 0 Å². The van der Waals surface area contributed by atoms with Crippen LogP contribution in [0.1, 0.15) is 57.4 Å². The van der Waals surface area contributed by atoms with Crippen molar-refractivity contribution in [2.24, 2.45) is 5.73 Å². The summed E-state index contributed by atoms with van der Waals surface area (Å²) in [5.41, 5.74) is 7.05. The van der Waals surface area contributed by atoms with E-state index in [-0.39, 0.29) is 22.6 Å². The third-order valence-electron chi connectivity index (χ3n) is 4.99. The Morgan fingerprint density at radius 3 is 2.83 bits per heavy atom. The Hall–Kier alpha value is -1.90. The third kappa shape index (κ3) is 7.79. The fourth-order valence-corrected chi connectivity index (χ4v) is 4.40. The summed E-state index contributed by atoms with van der Waals surface area (Å²) in [6.07, 6.45) is 7.64. The summed E-state index contributed by atoms with van der Waals surface area (Å²) < 4.78 is 0.843. The van der Waals surface area contributed by atoms with Crippen LogP contribution in [-0.4, -0.2) is 41.7 Å². The minimum atomic E-state index is -0.142. The van der Waals surface area contributed by atoms with Crippen molar-refractivity contribution < 1.29 is 9.90 Å². The quantitative estimate of drug-likeness (QED) is 0.300. The van der Waals surface area contributed by atoms with Gasteiger partial charge >= 0.3 is 4.87 Å². The van der Waals surface area contributed by atoms with Crippen LogP contribution in [0.5, 0.6) is 5.75 Å². The number of unbranched alkanes of at least 4 members (excludes halogenated alkanes) is 2. The van der Waals surface area contributed by atoms with Crippen molar-refractivity contribution in [1.29, 1.82) is 0 Å². The molecule has 1 unspecified atom stereocenters. The summed E-state index contributed by atoms with van der Waals surface area (Å²) in [7, 11) is 0. The molecule has 7 nitrogen and oxygen atoms in total. The molecule has 0 aliphatic carbocycles. The lowest BCUT2D eigenvalue weighted by molar-refractivity contribution is -0.121. The van der Waals surface area contributed by atoms with Gasteiger partial charge in [-0.1, -0.05) is 43.6 Å². The second-order valence-corrected chi connectivity index (χ2v) is 8.39. The highest BCUT2D eigenvalue weighted by Gasteiger charge is 2.11. The zero-order chi connectivity index (χ0) is 21.1. The normalized spacial score (nSPS) is 12.3. The number of H-pyrrole nitrogens is 1. The molecule has 29 heavy (non-hydrogen) atoms. The number of carbonyl (C=O) groups is 1. The number of hydrogen-bond donors (Lipinski definition) is 5. The molecule has 2 aromatic rings. The van der Waals surface area contributed by atoms with E-state index in [1.807, 2.05) is 6.07 Å².